The molecule has 0 aromatic carbocycles. The number of likely N-dealkylation sites (tertiary alicyclic amines) is 2. The van der Waals surface area contributed by atoms with Gasteiger partial charge in [0.1, 0.15) is 18.7 Å². The van der Waals surface area contributed by atoms with Gasteiger partial charge < -0.3 is 14.4 Å². The second kappa shape index (κ2) is 10.7. The van der Waals surface area contributed by atoms with Crippen molar-refractivity contribution < 1.29 is 23.9 Å². The van der Waals surface area contributed by atoms with Crippen molar-refractivity contribution >= 4 is 29.6 Å². The Labute approximate surface area is 166 Å². The Balaban J connectivity index is 1.91. The average Bonchev–Trinajstić information content (AvgIpc) is 3.31. The van der Waals surface area contributed by atoms with E-state index in [2.05, 4.69) is 13.8 Å². The van der Waals surface area contributed by atoms with Crippen LogP contribution in [0.1, 0.15) is 52.4 Å². The lowest BCUT2D eigenvalue weighted by Crippen LogP contribution is -2.51. The standard InChI is InChI=1S/C19H31ClN2O5/c1-14(2)6-5-12-26-18(24)16-8-4-10-21(16)17(23)15-7-3-11-22(15)19(25)27-13-9-20/h14-16H,3-13H2,1-2H3. The number of carbonyl (C=O) groups is 3. The van der Waals surface area contributed by atoms with Crippen LogP contribution in [0.25, 0.3) is 0 Å². The highest BCUT2D eigenvalue weighted by atomic mass is 35.5. The van der Waals surface area contributed by atoms with Gasteiger partial charge in [0.15, 0.2) is 0 Å². The fourth-order valence-electron chi connectivity index (χ4n) is 3.68. The predicted octanol–water partition coefficient (Wildman–Crippen LogP) is 2.80. The number of hydrogen-bond acceptors (Lipinski definition) is 5. The van der Waals surface area contributed by atoms with Crippen molar-refractivity contribution in [1.82, 2.24) is 9.80 Å². The summed E-state index contributed by atoms with van der Waals surface area (Å²) < 4.78 is 10.5. The van der Waals surface area contributed by atoms with Crippen LogP contribution in [0.5, 0.6) is 0 Å². The molecule has 2 fully saturated rings. The number of rotatable bonds is 8. The quantitative estimate of drug-likeness (QED) is 0.354. The number of hydrogen-bond donors (Lipinski definition) is 0. The summed E-state index contributed by atoms with van der Waals surface area (Å²) in [6, 6.07) is -1.11. The van der Waals surface area contributed by atoms with Gasteiger partial charge in [-0.3, -0.25) is 9.69 Å². The smallest absolute Gasteiger partial charge is 0.410 e. The van der Waals surface area contributed by atoms with Crippen molar-refractivity contribution in [3.8, 4) is 0 Å². The molecule has 0 radical (unpaired) electrons. The van der Waals surface area contributed by atoms with Crippen LogP contribution in [0.4, 0.5) is 4.79 Å². The van der Waals surface area contributed by atoms with E-state index in [-0.39, 0.29) is 24.4 Å². The zero-order chi connectivity index (χ0) is 19.8. The maximum atomic E-state index is 13.0. The number of nitrogens with zero attached hydrogens (tertiary/aromatic N) is 2. The van der Waals surface area contributed by atoms with Crippen LogP contribution in [0.15, 0.2) is 0 Å². The van der Waals surface area contributed by atoms with Gasteiger partial charge in [-0.25, -0.2) is 9.59 Å². The maximum absolute atomic E-state index is 13.0. The lowest BCUT2D eigenvalue weighted by atomic mass is 10.1. The van der Waals surface area contributed by atoms with Gasteiger partial charge in [-0.15, -0.1) is 11.6 Å². The van der Waals surface area contributed by atoms with Gasteiger partial charge in [0.05, 0.1) is 12.5 Å². The van der Waals surface area contributed by atoms with Crippen molar-refractivity contribution in [2.24, 2.45) is 5.92 Å². The summed E-state index contributed by atoms with van der Waals surface area (Å²) in [6.45, 7) is 5.76. The molecule has 2 atom stereocenters. The van der Waals surface area contributed by atoms with E-state index in [1.165, 1.54) is 4.90 Å². The molecule has 0 aromatic rings. The molecule has 2 aliphatic heterocycles. The van der Waals surface area contributed by atoms with E-state index in [0.717, 1.165) is 25.7 Å². The predicted molar refractivity (Wildman–Crippen MR) is 102 cm³/mol. The molecular weight excluding hydrogens is 372 g/mol. The third-order valence-corrected chi connectivity index (χ3v) is 5.21. The molecule has 2 saturated heterocycles. The third-order valence-electron chi connectivity index (χ3n) is 5.05. The van der Waals surface area contributed by atoms with Crippen molar-refractivity contribution in [2.75, 3.05) is 32.2 Å². The van der Waals surface area contributed by atoms with Gasteiger partial charge >= 0.3 is 12.1 Å². The number of alkyl halides is 1. The number of halogens is 1. The van der Waals surface area contributed by atoms with Crippen LogP contribution in [0.3, 0.4) is 0 Å². The zero-order valence-corrected chi connectivity index (χ0v) is 17.1. The van der Waals surface area contributed by atoms with E-state index < -0.39 is 18.2 Å². The molecule has 2 unspecified atom stereocenters. The van der Waals surface area contributed by atoms with Crippen molar-refractivity contribution in [2.45, 2.75) is 64.5 Å². The first-order chi connectivity index (χ1) is 13.0. The second-order valence-corrected chi connectivity index (χ2v) is 7.93. The Hall–Kier alpha value is -1.50. The Morgan fingerprint density at radius 1 is 1.00 bits per heavy atom. The van der Waals surface area contributed by atoms with Gasteiger partial charge in [-0.1, -0.05) is 13.8 Å². The van der Waals surface area contributed by atoms with Gasteiger partial charge in [-0.2, -0.15) is 0 Å². The van der Waals surface area contributed by atoms with E-state index >= 15 is 0 Å². The number of ether oxygens (including phenoxy) is 2. The lowest BCUT2D eigenvalue weighted by molar-refractivity contribution is -0.154. The van der Waals surface area contributed by atoms with Gasteiger partial charge in [0.2, 0.25) is 5.91 Å². The molecule has 0 N–H and O–H groups in total. The largest absolute Gasteiger partial charge is 0.464 e. The number of esters is 1. The fourth-order valence-corrected chi connectivity index (χ4v) is 3.76. The van der Waals surface area contributed by atoms with Crippen molar-refractivity contribution in [3.63, 3.8) is 0 Å². The molecule has 2 heterocycles. The fraction of sp³-hybridized carbons (Fsp3) is 0.842. The second-order valence-electron chi connectivity index (χ2n) is 7.55. The van der Waals surface area contributed by atoms with E-state index in [1.54, 1.807) is 4.90 Å². The Bertz CT molecular complexity index is 528. The molecule has 27 heavy (non-hydrogen) atoms. The highest BCUT2D eigenvalue weighted by molar-refractivity contribution is 6.18. The Morgan fingerprint density at radius 3 is 2.33 bits per heavy atom. The van der Waals surface area contributed by atoms with Crippen molar-refractivity contribution in [1.29, 1.82) is 0 Å². The van der Waals surface area contributed by atoms with E-state index in [4.69, 9.17) is 21.1 Å². The summed E-state index contributed by atoms with van der Waals surface area (Å²) in [5.74, 6) is 0.269. The average molecular weight is 403 g/mol. The van der Waals surface area contributed by atoms with E-state index in [9.17, 15) is 14.4 Å². The molecule has 2 aliphatic rings. The third kappa shape index (κ3) is 5.99. The minimum Gasteiger partial charge on any atom is -0.464 e. The minimum absolute atomic E-state index is 0.118. The molecule has 2 amide bonds. The van der Waals surface area contributed by atoms with E-state index in [1.807, 2.05) is 0 Å². The van der Waals surface area contributed by atoms with Crippen LogP contribution < -0.4 is 0 Å². The Kier molecular flexibility index (Phi) is 8.67. The zero-order valence-electron chi connectivity index (χ0n) is 16.3. The van der Waals surface area contributed by atoms with Gasteiger partial charge in [0.25, 0.3) is 0 Å². The molecule has 154 valence electrons. The minimum atomic E-state index is -0.567. The Morgan fingerprint density at radius 2 is 1.67 bits per heavy atom. The molecule has 8 heteroatoms. The van der Waals surface area contributed by atoms with Gasteiger partial charge in [0, 0.05) is 13.1 Å². The molecule has 0 saturated carbocycles. The number of carbonyl (C=O) groups excluding carboxylic acids is 3. The molecular formula is C19H31ClN2O5. The summed E-state index contributed by atoms with van der Waals surface area (Å²) in [5.41, 5.74) is 0. The topological polar surface area (TPSA) is 76.2 Å². The summed E-state index contributed by atoms with van der Waals surface area (Å²) in [4.78, 5) is 40.7. The highest BCUT2D eigenvalue weighted by Crippen LogP contribution is 2.26. The van der Waals surface area contributed by atoms with Crippen LogP contribution in [0.2, 0.25) is 0 Å². The molecule has 7 nitrogen and oxygen atoms in total. The lowest BCUT2D eigenvalue weighted by Gasteiger charge is -2.30. The number of amides is 2. The maximum Gasteiger partial charge on any atom is 0.410 e. The first-order valence-corrected chi connectivity index (χ1v) is 10.5. The monoisotopic (exact) mass is 402 g/mol. The van der Waals surface area contributed by atoms with Crippen LogP contribution in [0, 0.1) is 5.92 Å². The molecule has 0 aliphatic carbocycles. The first-order valence-electron chi connectivity index (χ1n) is 9.92. The summed E-state index contributed by atoms with van der Waals surface area (Å²) in [7, 11) is 0. The molecule has 0 aromatic heterocycles. The molecule has 2 rings (SSSR count). The molecule has 0 spiro atoms. The molecule has 0 bridgehead atoms. The summed E-state index contributed by atoms with van der Waals surface area (Å²) in [6.07, 6.45) is 4.01. The highest BCUT2D eigenvalue weighted by Gasteiger charge is 2.43. The van der Waals surface area contributed by atoms with Crippen LogP contribution >= 0.6 is 11.6 Å². The van der Waals surface area contributed by atoms with Crippen molar-refractivity contribution in [3.05, 3.63) is 0 Å². The first kappa shape index (κ1) is 21.8. The summed E-state index contributed by atoms with van der Waals surface area (Å²) >= 11 is 5.56. The van der Waals surface area contributed by atoms with E-state index in [0.29, 0.717) is 38.5 Å². The SMILES string of the molecule is CC(C)CCCOC(=O)C1CCCN1C(=O)C1CCCN1C(=O)OCCCl. The normalized spacial score (nSPS) is 22.4. The van der Waals surface area contributed by atoms with Crippen LogP contribution in [-0.2, 0) is 19.1 Å². The van der Waals surface area contributed by atoms with Gasteiger partial charge in [-0.05, 0) is 44.4 Å². The summed E-state index contributed by atoms with van der Waals surface area (Å²) in [5, 5.41) is 0. The van der Waals surface area contributed by atoms with Crippen LogP contribution in [-0.4, -0.2) is 72.0 Å².